The number of aryl methyl sites for hydroxylation is 1. The van der Waals surface area contributed by atoms with E-state index < -0.39 is 5.60 Å². The third-order valence-corrected chi connectivity index (χ3v) is 2.66. The minimum atomic E-state index is -0.661. The number of β-amino-alcohol motifs (C(OH)–C–C–N with tert-alkyl or cyclic N) is 1. The summed E-state index contributed by atoms with van der Waals surface area (Å²) in [6.07, 6.45) is 0.521. The molecule has 2 rings (SSSR count). The molecule has 3 nitrogen and oxygen atoms in total. The second-order valence-corrected chi connectivity index (χ2v) is 4.14. The van der Waals surface area contributed by atoms with Gasteiger partial charge in [0.1, 0.15) is 5.75 Å². The van der Waals surface area contributed by atoms with Crippen LogP contribution in [0.3, 0.4) is 0 Å². The van der Waals surface area contributed by atoms with Crippen LogP contribution in [-0.2, 0) is 6.42 Å². The van der Waals surface area contributed by atoms with Gasteiger partial charge >= 0.3 is 0 Å². The highest BCUT2D eigenvalue weighted by Crippen LogP contribution is 2.25. The van der Waals surface area contributed by atoms with Crippen LogP contribution in [0.2, 0.25) is 0 Å². The highest BCUT2D eigenvalue weighted by Gasteiger charge is 2.34. The van der Waals surface area contributed by atoms with Crippen molar-refractivity contribution in [3.63, 3.8) is 0 Å². The number of phenolic OH excluding ortho intramolecular Hbond substituents is 1. The molecule has 1 aliphatic heterocycles. The van der Waals surface area contributed by atoms with Crippen molar-refractivity contribution >= 4 is 0 Å². The molecule has 0 aliphatic carbocycles. The topological polar surface area (TPSA) is 52.5 Å². The van der Waals surface area contributed by atoms with Crippen LogP contribution < -0.4 is 5.32 Å². The first-order valence-electron chi connectivity index (χ1n) is 4.81. The van der Waals surface area contributed by atoms with Crippen LogP contribution >= 0.6 is 0 Å². The molecular formula is C11H15NO2. The van der Waals surface area contributed by atoms with Crippen molar-refractivity contribution in [2.45, 2.75) is 18.9 Å². The Labute approximate surface area is 83.4 Å². The SMILES string of the molecule is Cc1ccc(O)c(CC2(O)CNC2)c1. The summed E-state index contributed by atoms with van der Waals surface area (Å²) in [5.74, 6) is 0.274. The van der Waals surface area contributed by atoms with E-state index in [4.69, 9.17) is 0 Å². The molecule has 0 aromatic heterocycles. The van der Waals surface area contributed by atoms with Gasteiger partial charge in [0.2, 0.25) is 0 Å². The molecule has 3 N–H and O–H groups in total. The molecule has 1 aromatic carbocycles. The Bertz CT molecular complexity index is 345. The third-order valence-electron chi connectivity index (χ3n) is 2.66. The van der Waals surface area contributed by atoms with E-state index in [-0.39, 0.29) is 5.75 Å². The highest BCUT2D eigenvalue weighted by atomic mass is 16.3. The van der Waals surface area contributed by atoms with Gasteiger partial charge in [-0.15, -0.1) is 0 Å². The van der Waals surface area contributed by atoms with E-state index in [2.05, 4.69) is 5.32 Å². The molecule has 1 aliphatic rings. The molecular weight excluding hydrogens is 178 g/mol. The molecule has 76 valence electrons. The lowest BCUT2D eigenvalue weighted by Gasteiger charge is -2.37. The Hall–Kier alpha value is -1.06. The molecule has 1 aromatic rings. The fourth-order valence-electron chi connectivity index (χ4n) is 1.75. The van der Waals surface area contributed by atoms with Gasteiger partial charge in [-0.05, 0) is 18.6 Å². The third kappa shape index (κ3) is 1.74. The highest BCUT2D eigenvalue weighted by molar-refractivity contribution is 5.37. The van der Waals surface area contributed by atoms with Crippen molar-refractivity contribution in [2.24, 2.45) is 0 Å². The maximum atomic E-state index is 9.91. The normalized spacial score (nSPS) is 19.0. The zero-order valence-electron chi connectivity index (χ0n) is 8.25. The second-order valence-electron chi connectivity index (χ2n) is 4.14. The van der Waals surface area contributed by atoms with Gasteiger partial charge in [0.05, 0.1) is 5.60 Å². The number of benzene rings is 1. The minimum absolute atomic E-state index is 0.274. The first kappa shape index (κ1) is 9.49. The predicted octanol–water partition coefficient (Wildman–Crippen LogP) is 0.577. The number of rotatable bonds is 2. The Morgan fingerprint density at radius 3 is 2.71 bits per heavy atom. The van der Waals surface area contributed by atoms with Crippen molar-refractivity contribution < 1.29 is 10.2 Å². The van der Waals surface area contributed by atoms with Gasteiger partial charge in [0.25, 0.3) is 0 Å². The number of phenols is 1. The van der Waals surface area contributed by atoms with Crippen molar-refractivity contribution in [1.82, 2.24) is 5.32 Å². The minimum Gasteiger partial charge on any atom is -0.508 e. The number of aliphatic hydroxyl groups is 1. The maximum Gasteiger partial charge on any atom is 0.118 e. The van der Waals surface area contributed by atoms with E-state index in [1.165, 1.54) is 0 Å². The van der Waals surface area contributed by atoms with Crippen LogP contribution in [0.25, 0.3) is 0 Å². The van der Waals surface area contributed by atoms with E-state index in [1.54, 1.807) is 6.07 Å². The van der Waals surface area contributed by atoms with Crippen LogP contribution in [0.5, 0.6) is 5.75 Å². The first-order valence-corrected chi connectivity index (χ1v) is 4.81. The molecule has 3 heteroatoms. The number of hydrogen-bond donors (Lipinski definition) is 3. The smallest absolute Gasteiger partial charge is 0.118 e. The van der Waals surface area contributed by atoms with Crippen LogP contribution in [0, 0.1) is 6.92 Å². The lowest BCUT2D eigenvalue weighted by Crippen LogP contribution is -2.60. The summed E-state index contributed by atoms with van der Waals surface area (Å²) >= 11 is 0. The monoisotopic (exact) mass is 193 g/mol. The van der Waals surface area contributed by atoms with E-state index in [0.717, 1.165) is 11.1 Å². The average molecular weight is 193 g/mol. The van der Waals surface area contributed by atoms with Gasteiger partial charge in [-0.25, -0.2) is 0 Å². The Morgan fingerprint density at radius 2 is 2.14 bits per heavy atom. The second kappa shape index (κ2) is 3.26. The molecule has 1 fully saturated rings. The van der Waals surface area contributed by atoms with Crippen molar-refractivity contribution in [3.8, 4) is 5.75 Å². The Balaban J connectivity index is 2.19. The van der Waals surface area contributed by atoms with Gasteiger partial charge in [-0.1, -0.05) is 17.7 Å². The zero-order chi connectivity index (χ0) is 10.2. The average Bonchev–Trinajstić information content (AvgIpc) is 2.09. The molecule has 1 heterocycles. The molecule has 0 radical (unpaired) electrons. The fraction of sp³-hybridized carbons (Fsp3) is 0.455. The van der Waals surface area contributed by atoms with Gasteiger partial charge in [-0.2, -0.15) is 0 Å². The summed E-state index contributed by atoms with van der Waals surface area (Å²) in [4.78, 5) is 0. The van der Waals surface area contributed by atoms with E-state index in [9.17, 15) is 10.2 Å². The standard InChI is InChI=1S/C11H15NO2/c1-8-2-3-10(13)9(4-8)5-11(14)6-12-7-11/h2-4,12-14H,5-7H2,1H3. The summed E-state index contributed by atoms with van der Waals surface area (Å²) in [6.45, 7) is 3.20. The molecule has 0 atom stereocenters. The summed E-state index contributed by atoms with van der Waals surface area (Å²) in [5, 5.41) is 22.5. The lowest BCUT2D eigenvalue weighted by molar-refractivity contribution is -0.00944. The Kier molecular flexibility index (Phi) is 2.21. The first-order chi connectivity index (χ1) is 6.59. The molecule has 0 unspecified atom stereocenters. The molecule has 1 saturated heterocycles. The van der Waals surface area contributed by atoms with Crippen molar-refractivity contribution in [1.29, 1.82) is 0 Å². The fourth-order valence-corrected chi connectivity index (χ4v) is 1.75. The van der Waals surface area contributed by atoms with Crippen LogP contribution in [0.1, 0.15) is 11.1 Å². The maximum absolute atomic E-state index is 9.91. The van der Waals surface area contributed by atoms with Crippen molar-refractivity contribution in [2.75, 3.05) is 13.1 Å². The van der Waals surface area contributed by atoms with E-state index in [1.807, 2.05) is 19.1 Å². The van der Waals surface area contributed by atoms with Gasteiger partial charge in [0.15, 0.2) is 0 Å². The van der Waals surface area contributed by atoms with Crippen molar-refractivity contribution in [3.05, 3.63) is 29.3 Å². The van der Waals surface area contributed by atoms with E-state index in [0.29, 0.717) is 19.5 Å². The largest absolute Gasteiger partial charge is 0.508 e. The summed E-state index contributed by atoms with van der Waals surface area (Å²) in [7, 11) is 0. The van der Waals surface area contributed by atoms with Crippen LogP contribution in [0.4, 0.5) is 0 Å². The van der Waals surface area contributed by atoms with E-state index >= 15 is 0 Å². The lowest BCUT2D eigenvalue weighted by atomic mass is 9.88. The molecule has 0 bridgehead atoms. The summed E-state index contributed by atoms with van der Waals surface area (Å²) < 4.78 is 0. The molecule has 0 amide bonds. The predicted molar refractivity (Wildman–Crippen MR) is 54.4 cm³/mol. The number of nitrogens with one attached hydrogen (secondary N) is 1. The zero-order valence-corrected chi connectivity index (χ0v) is 8.25. The molecule has 14 heavy (non-hydrogen) atoms. The van der Waals surface area contributed by atoms with Gasteiger partial charge in [0, 0.05) is 19.5 Å². The van der Waals surface area contributed by atoms with Crippen LogP contribution in [-0.4, -0.2) is 28.9 Å². The van der Waals surface area contributed by atoms with Crippen LogP contribution in [0.15, 0.2) is 18.2 Å². The van der Waals surface area contributed by atoms with Gasteiger partial charge in [-0.3, -0.25) is 0 Å². The number of aromatic hydroxyl groups is 1. The summed E-state index contributed by atoms with van der Waals surface area (Å²) in [6, 6.07) is 5.47. The molecule has 0 spiro atoms. The Morgan fingerprint density at radius 1 is 1.43 bits per heavy atom. The summed E-state index contributed by atoms with van der Waals surface area (Å²) in [5.41, 5.74) is 1.27. The quantitative estimate of drug-likeness (QED) is 0.644. The number of hydrogen-bond acceptors (Lipinski definition) is 3. The van der Waals surface area contributed by atoms with Gasteiger partial charge < -0.3 is 15.5 Å². The molecule has 0 saturated carbocycles.